The number of benzene rings is 1. The van der Waals surface area contributed by atoms with E-state index in [1.165, 1.54) is 18.0 Å². The van der Waals surface area contributed by atoms with Gasteiger partial charge in [-0.05, 0) is 48.4 Å². The topological polar surface area (TPSA) is 123 Å². The molecule has 0 amide bonds. The van der Waals surface area contributed by atoms with Crippen LogP contribution in [-0.4, -0.2) is 21.6 Å². The number of allylic oxidation sites excluding steroid dienone is 2. The van der Waals surface area contributed by atoms with Crippen LogP contribution in [0.2, 0.25) is 0 Å². The zero-order valence-electron chi connectivity index (χ0n) is 16.4. The Labute approximate surface area is 177 Å². The van der Waals surface area contributed by atoms with Crippen molar-refractivity contribution in [2.75, 3.05) is 0 Å². The first-order valence-corrected chi connectivity index (χ1v) is 10.6. The number of H-pyrrole nitrogens is 1. The number of hydrogen-bond donors (Lipinski definition) is 3. The van der Waals surface area contributed by atoms with Crippen LogP contribution in [-0.2, 0) is 4.79 Å². The Balaban J connectivity index is 1.50. The van der Waals surface area contributed by atoms with Crippen LogP contribution in [0.25, 0.3) is 11.0 Å². The molecule has 3 heterocycles. The second-order valence-corrected chi connectivity index (χ2v) is 8.66. The summed E-state index contributed by atoms with van der Waals surface area (Å²) in [5.41, 5.74) is 15.9. The summed E-state index contributed by atoms with van der Waals surface area (Å²) in [7, 11) is 0. The lowest BCUT2D eigenvalue weighted by Gasteiger charge is -2.31. The van der Waals surface area contributed by atoms with E-state index in [0.29, 0.717) is 34.3 Å². The SMILES string of the molecule is CC1CC(=O)C2=C(C1)N=C(N)/C(=C\N)C2c1ccc(Sc2nc3ccccc3[nH]2)o1. The van der Waals surface area contributed by atoms with Crippen LogP contribution in [0.1, 0.15) is 31.4 Å². The summed E-state index contributed by atoms with van der Waals surface area (Å²) < 4.78 is 6.14. The molecule has 7 nitrogen and oxygen atoms in total. The number of nitrogens with zero attached hydrogens (tertiary/aromatic N) is 2. The lowest BCUT2D eigenvalue weighted by molar-refractivity contribution is -0.117. The van der Waals surface area contributed by atoms with Crippen molar-refractivity contribution >= 4 is 34.4 Å². The predicted octanol–water partition coefficient (Wildman–Crippen LogP) is 3.86. The molecule has 2 aliphatic rings. The van der Waals surface area contributed by atoms with E-state index in [1.54, 1.807) is 0 Å². The summed E-state index contributed by atoms with van der Waals surface area (Å²) in [6.07, 6.45) is 2.63. The molecule has 8 heteroatoms. The highest BCUT2D eigenvalue weighted by Crippen LogP contribution is 2.44. The maximum Gasteiger partial charge on any atom is 0.174 e. The number of hydrogen-bond acceptors (Lipinski definition) is 7. The number of furan rings is 1. The molecular weight excluding hydrogens is 398 g/mol. The number of ketones is 1. The van der Waals surface area contributed by atoms with E-state index in [-0.39, 0.29) is 11.7 Å². The Morgan fingerprint density at radius 1 is 1.23 bits per heavy atom. The summed E-state index contributed by atoms with van der Waals surface area (Å²) in [5.74, 6) is 0.844. The third kappa shape index (κ3) is 3.13. The van der Waals surface area contributed by atoms with Gasteiger partial charge in [-0.15, -0.1) is 0 Å². The molecule has 30 heavy (non-hydrogen) atoms. The smallest absolute Gasteiger partial charge is 0.174 e. The molecule has 1 aliphatic carbocycles. The Morgan fingerprint density at radius 3 is 2.87 bits per heavy atom. The Hall–Kier alpha value is -3.26. The molecule has 5 N–H and O–H groups in total. The quantitative estimate of drug-likeness (QED) is 0.592. The molecule has 0 saturated carbocycles. The number of aromatic nitrogens is 2. The van der Waals surface area contributed by atoms with E-state index in [2.05, 4.69) is 15.0 Å². The fourth-order valence-corrected chi connectivity index (χ4v) is 4.91. The summed E-state index contributed by atoms with van der Waals surface area (Å²) in [4.78, 5) is 25.2. The number of aromatic amines is 1. The first-order valence-electron chi connectivity index (χ1n) is 9.78. The summed E-state index contributed by atoms with van der Waals surface area (Å²) in [6.45, 7) is 2.05. The first-order chi connectivity index (χ1) is 14.5. The van der Waals surface area contributed by atoms with Crippen molar-refractivity contribution in [3.63, 3.8) is 0 Å². The number of para-hydroxylation sites is 2. The van der Waals surface area contributed by atoms with Gasteiger partial charge in [-0.1, -0.05) is 19.1 Å². The number of fused-ring (bicyclic) bond motifs is 1. The maximum absolute atomic E-state index is 12.9. The van der Waals surface area contributed by atoms with Crippen molar-refractivity contribution in [2.45, 2.75) is 35.9 Å². The van der Waals surface area contributed by atoms with Gasteiger partial charge in [0.25, 0.3) is 0 Å². The summed E-state index contributed by atoms with van der Waals surface area (Å²) >= 11 is 1.39. The second-order valence-electron chi connectivity index (χ2n) is 7.67. The highest BCUT2D eigenvalue weighted by atomic mass is 32.2. The number of aliphatic imine (C=N–C) groups is 1. The molecule has 152 valence electrons. The standard InChI is InChI=1S/C22H21N5O2S/c1-11-8-15-20(16(28)9-11)19(12(10-23)21(24)25-15)17-6-7-18(29-17)30-22-26-13-4-2-3-5-14(13)27-22/h2-7,10-11,19H,8-9,23H2,1H3,(H2,24,25)(H,26,27)/b12-10-. The number of nitrogens with two attached hydrogens (primary N) is 2. The Kier molecular flexibility index (Phi) is 4.51. The van der Waals surface area contributed by atoms with Crippen molar-refractivity contribution in [1.82, 2.24) is 9.97 Å². The molecule has 0 radical (unpaired) electrons. The van der Waals surface area contributed by atoms with Gasteiger partial charge in [-0.2, -0.15) is 0 Å². The highest BCUT2D eigenvalue weighted by Gasteiger charge is 2.39. The van der Waals surface area contributed by atoms with Crippen molar-refractivity contribution < 1.29 is 9.21 Å². The van der Waals surface area contributed by atoms with Gasteiger partial charge in [-0.25, -0.2) is 9.98 Å². The van der Waals surface area contributed by atoms with Crippen LogP contribution in [0, 0.1) is 5.92 Å². The lowest BCUT2D eigenvalue weighted by atomic mass is 9.76. The van der Waals surface area contributed by atoms with Gasteiger partial charge in [0.1, 0.15) is 11.6 Å². The molecule has 0 fully saturated rings. The zero-order chi connectivity index (χ0) is 20.8. The van der Waals surface area contributed by atoms with E-state index in [4.69, 9.17) is 15.9 Å². The van der Waals surface area contributed by atoms with Crippen molar-refractivity contribution in [2.24, 2.45) is 22.4 Å². The van der Waals surface area contributed by atoms with Crippen LogP contribution < -0.4 is 11.5 Å². The second kappa shape index (κ2) is 7.21. The number of Topliss-reactive ketones (excluding diaryl/α,β-unsaturated/α-hetero) is 1. The molecule has 0 saturated heterocycles. The third-order valence-electron chi connectivity index (χ3n) is 5.47. The van der Waals surface area contributed by atoms with Gasteiger partial charge in [-0.3, -0.25) is 4.79 Å². The fourth-order valence-electron chi connectivity index (χ4n) is 4.14. The van der Waals surface area contributed by atoms with Crippen molar-refractivity contribution in [3.05, 3.63) is 65.2 Å². The van der Waals surface area contributed by atoms with Gasteiger partial charge in [0.05, 0.1) is 22.6 Å². The van der Waals surface area contributed by atoms with Gasteiger partial charge >= 0.3 is 0 Å². The average molecular weight is 420 g/mol. The Bertz CT molecular complexity index is 1220. The van der Waals surface area contributed by atoms with Crippen molar-refractivity contribution in [1.29, 1.82) is 0 Å². The number of carbonyl (C=O) groups is 1. The van der Waals surface area contributed by atoms with Gasteiger partial charge in [0.2, 0.25) is 0 Å². The molecular formula is C22H21N5O2S. The molecule has 1 aliphatic heterocycles. The number of amidine groups is 1. The third-order valence-corrected chi connectivity index (χ3v) is 6.28. The Morgan fingerprint density at radius 2 is 2.07 bits per heavy atom. The number of imidazole rings is 1. The highest BCUT2D eigenvalue weighted by molar-refractivity contribution is 7.99. The van der Waals surface area contributed by atoms with Gasteiger partial charge < -0.3 is 20.9 Å². The minimum Gasteiger partial charge on any atom is -0.453 e. The normalized spacial score (nSPS) is 23.2. The van der Waals surface area contributed by atoms with Crippen LogP contribution >= 0.6 is 11.8 Å². The molecule has 2 unspecified atom stereocenters. The first kappa shape index (κ1) is 18.7. The van der Waals surface area contributed by atoms with E-state index >= 15 is 0 Å². The van der Waals surface area contributed by atoms with Crippen LogP contribution in [0.4, 0.5) is 0 Å². The van der Waals surface area contributed by atoms with Crippen LogP contribution in [0.5, 0.6) is 0 Å². The average Bonchev–Trinajstić information content (AvgIpc) is 3.33. The predicted molar refractivity (Wildman–Crippen MR) is 116 cm³/mol. The number of rotatable bonds is 3. The fraction of sp³-hybridized carbons (Fsp3) is 0.227. The zero-order valence-corrected chi connectivity index (χ0v) is 17.2. The molecule has 5 rings (SSSR count). The summed E-state index contributed by atoms with van der Waals surface area (Å²) in [6, 6.07) is 11.6. The number of carbonyl (C=O) groups excluding carboxylic acids is 1. The van der Waals surface area contributed by atoms with Gasteiger partial charge in [0.15, 0.2) is 16.0 Å². The van der Waals surface area contributed by atoms with E-state index in [9.17, 15) is 4.79 Å². The molecule has 1 aromatic carbocycles. The largest absolute Gasteiger partial charge is 0.453 e. The summed E-state index contributed by atoms with van der Waals surface area (Å²) in [5, 5.41) is 1.40. The van der Waals surface area contributed by atoms with Crippen LogP contribution in [0.15, 0.2) is 79.1 Å². The van der Waals surface area contributed by atoms with E-state index in [1.807, 2.05) is 43.3 Å². The molecule has 0 bridgehead atoms. The minimum atomic E-state index is -0.437. The van der Waals surface area contributed by atoms with E-state index in [0.717, 1.165) is 28.3 Å². The van der Waals surface area contributed by atoms with Gasteiger partial charge in [0, 0.05) is 23.8 Å². The van der Waals surface area contributed by atoms with Crippen LogP contribution in [0.3, 0.4) is 0 Å². The maximum atomic E-state index is 12.9. The minimum absolute atomic E-state index is 0.0761. The molecule has 3 aromatic rings. The monoisotopic (exact) mass is 419 g/mol. The molecule has 2 atom stereocenters. The lowest BCUT2D eigenvalue weighted by Crippen LogP contribution is -2.32. The molecule has 0 spiro atoms. The van der Waals surface area contributed by atoms with Crippen molar-refractivity contribution in [3.8, 4) is 0 Å². The van der Waals surface area contributed by atoms with E-state index < -0.39 is 5.92 Å². The molecule has 2 aromatic heterocycles. The number of nitrogens with one attached hydrogen (secondary N) is 1.